The number of rotatable bonds is 6. The molecule has 2 heterocycles. The maximum atomic E-state index is 13.2. The summed E-state index contributed by atoms with van der Waals surface area (Å²) in [5.74, 6) is 0.723. The lowest BCUT2D eigenvalue weighted by atomic mass is 10.0. The zero-order chi connectivity index (χ0) is 22.1. The minimum absolute atomic E-state index is 0.165. The number of halogens is 1. The molecule has 0 saturated carbocycles. The highest BCUT2D eigenvalue weighted by molar-refractivity contribution is 7.89. The van der Waals surface area contributed by atoms with Crippen LogP contribution in [0, 0.1) is 12.8 Å². The highest BCUT2D eigenvalue weighted by Gasteiger charge is 2.32. The van der Waals surface area contributed by atoms with Gasteiger partial charge in [-0.1, -0.05) is 24.6 Å². The van der Waals surface area contributed by atoms with Crippen LogP contribution in [-0.4, -0.2) is 43.4 Å². The second-order valence-electron chi connectivity index (χ2n) is 7.73. The number of nitrogens with one attached hydrogen (secondary N) is 1. The van der Waals surface area contributed by atoms with Crippen molar-refractivity contribution in [3.8, 4) is 5.75 Å². The summed E-state index contributed by atoms with van der Waals surface area (Å²) in [7, 11) is -0.415. The van der Waals surface area contributed by atoms with E-state index >= 15 is 0 Å². The van der Waals surface area contributed by atoms with Gasteiger partial charge in [0.05, 0.1) is 7.11 Å². The van der Waals surface area contributed by atoms with Gasteiger partial charge in [-0.05, 0) is 43.9 Å². The lowest BCUT2D eigenvalue weighted by Crippen LogP contribution is -2.38. The molecule has 2 aromatic rings. The predicted molar refractivity (Wildman–Crippen MR) is 116 cm³/mol. The summed E-state index contributed by atoms with van der Waals surface area (Å²) in [6, 6.07) is 6.72. The standard InChI is InChI=1S/C21H28ClN3O4S/c1-14-8-10-25(11-9-14)30(27,28)20-12-18(24(3)15(20)2)21(26)23-13-16-17(22)6-5-7-19(16)29-4/h5-7,12,14H,8-11,13H2,1-4H3,(H,23,26). The second kappa shape index (κ2) is 8.99. The van der Waals surface area contributed by atoms with Crippen molar-refractivity contribution in [2.45, 2.75) is 38.1 Å². The van der Waals surface area contributed by atoms with E-state index in [2.05, 4.69) is 12.2 Å². The van der Waals surface area contributed by atoms with Crippen molar-refractivity contribution in [3.63, 3.8) is 0 Å². The van der Waals surface area contributed by atoms with Crippen LogP contribution in [-0.2, 0) is 23.6 Å². The van der Waals surface area contributed by atoms with Gasteiger partial charge in [-0.15, -0.1) is 0 Å². The molecule has 0 bridgehead atoms. The Hall–Kier alpha value is -2.03. The summed E-state index contributed by atoms with van der Waals surface area (Å²) in [6.07, 6.45) is 1.69. The summed E-state index contributed by atoms with van der Waals surface area (Å²) in [4.78, 5) is 13.0. The molecule has 1 aromatic heterocycles. The van der Waals surface area contributed by atoms with Crippen molar-refractivity contribution < 1.29 is 17.9 Å². The van der Waals surface area contributed by atoms with Gasteiger partial charge in [0.1, 0.15) is 16.3 Å². The van der Waals surface area contributed by atoms with Crippen LogP contribution in [0.5, 0.6) is 5.75 Å². The van der Waals surface area contributed by atoms with Gasteiger partial charge in [0.25, 0.3) is 5.91 Å². The molecule has 1 aliphatic heterocycles. The molecule has 0 spiro atoms. The molecule has 1 N–H and O–H groups in total. The number of amides is 1. The summed E-state index contributed by atoms with van der Waals surface area (Å²) >= 11 is 6.23. The van der Waals surface area contributed by atoms with Crippen molar-refractivity contribution in [3.05, 3.63) is 46.2 Å². The topological polar surface area (TPSA) is 80.6 Å². The van der Waals surface area contributed by atoms with Gasteiger partial charge < -0.3 is 14.6 Å². The Balaban J connectivity index is 1.82. The number of piperidine rings is 1. The maximum Gasteiger partial charge on any atom is 0.268 e. The molecule has 1 fully saturated rings. The fourth-order valence-corrected chi connectivity index (χ4v) is 5.65. The van der Waals surface area contributed by atoms with Gasteiger partial charge in [-0.25, -0.2) is 8.42 Å². The molecule has 1 saturated heterocycles. The van der Waals surface area contributed by atoms with Crippen molar-refractivity contribution >= 4 is 27.5 Å². The number of nitrogens with zero attached hydrogens (tertiary/aromatic N) is 2. The van der Waals surface area contributed by atoms with Gasteiger partial charge in [0, 0.05) is 43.0 Å². The molecular formula is C21H28ClN3O4S. The summed E-state index contributed by atoms with van der Waals surface area (Å²) in [5.41, 5.74) is 1.48. The number of hydrogen-bond acceptors (Lipinski definition) is 4. The van der Waals surface area contributed by atoms with Crippen LogP contribution in [0.2, 0.25) is 5.02 Å². The summed E-state index contributed by atoms with van der Waals surface area (Å²) in [6.45, 7) is 5.02. The van der Waals surface area contributed by atoms with Crippen molar-refractivity contribution in [2.75, 3.05) is 20.2 Å². The molecule has 1 amide bonds. The quantitative estimate of drug-likeness (QED) is 0.727. The van der Waals surface area contributed by atoms with Crippen LogP contribution in [0.25, 0.3) is 0 Å². The zero-order valence-corrected chi connectivity index (χ0v) is 19.3. The number of ether oxygens (including phenoxy) is 1. The molecule has 0 aliphatic carbocycles. The van der Waals surface area contributed by atoms with Crippen LogP contribution in [0.1, 0.15) is 41.5 Å². The molecule has 3 rings (SSSR count). The largest absolute Gasteiger partial charge is 0.496 e. The Morgan fingerprint density at radius 3 is 2.60 bits per heavy atom. The SMILES string of the molecule is COc1cccc(Cl)c1CNC(=O)c1cc(S(=O)(=O)N2CCC(C)CC2)c(C)n1C. The molecule has 1 aromatic carbocycles. The van der Waals surface area contributed by atoms with Crippen LogP contribution in [0.3, 0.4) is 0 Å². The van der Waals surface area contributed by atoms with E-state index < -0.39 is 10.0 Å². The fraction of sp³-hybridized carbons (Fsp3) is 0.476. The molecule has 164 valence electrons. The Morgan fingerprint density at radius 1 is 1.30 bits per heavy atom. The normalized spacial score (nSPS) is 15.9. The number of methoxy groups -OCH3 is 1. The third kappa shape index (κ3) is 4.36. The van der Waals surface area contributed by atoms with Gasteiger partial charge in [0.15, 0.2) is 0 Å². The van der Waals surface area contributed by atoms with Crippen molar-refractivity contribution in [1.29, 1.82) is 0 Å². The Kier molecular flexibility index (Phi) is 6.79. The van der Waals surface area contributed by atoms with Crippen molar-refractivity contribution in [1.82, 2.24) is 14.2 Å². The number of aromatic nitrogens is 1. The second-order valence-corrected chi connectivity index (χ2v) is 10.0. The van der Waals surface area contributed by atoms with Crippen LogP contribution in [0.15, 0.2) is 29.2 Å². The summed E-state index contributed by atoms with van der Waals surface area (Å²) in [5, 5.41) is 3.30. The molecular weight excluding hydrogens is 426 g/mol. The first-order valence-corrected chi connectivity index (χ1v) is 11.7. The third-order valence-corrected chi connectivity index (χ3v) is 8.17. The van der Waals surface area contributed by atoms with Gasteiger partial charge in [-0.2, -0.15) is 4.31 Å². The first-order valence-electron chi connectivity index (χ1n) is 9.92. The lowest BCUT2D eigenvalue weighted by Gasteiger charge is -2.29. The van der Waals surface area contributed by atoms with E-state index in [1.54, 1.807) is 36.7 Å². The van der Waals surface area contributed by atoms with E-state index in [0.29, 0.717) is 41.0 Å². The summed E-state index contributed by atoms with van der Waals surface area (Å²) < 4.78 is 34.7. The van der Waals surface area contributed by atoms with E-state index in [0.717, 1.165) is 12.8 Å². The number of carbonyl (C=O) groups is 1. The molecule has 0 unspecified atom stereocenters. The molecule has 0 radical (unpaired) electrons. The molecule has 30 heavy (non-hydrogen) atoms. The minimum Gasteiger partial charge on any atom is -0.496 e. The highest BCUT2D eigenvalue weighted by Crippen LogP contribution is 2.28. The lowest BCUT2D eigenvalue weighted by molar-refractivity contribution is 0.0942. The van der Waals surface area contributed by atoms with Crippen molar-refractivity contribution in [2.24, 2.45) is 13.0 Å². The zero-order valence-electron chi connectivity index (χ0n) is 17.7. The van der Waals surface area contributed by atoms with E-state index in [9.17, 15) is 13.2 Å². The third-order valence-electron chi connectivity index (χ3n) is 5.80. The number of carbonyl (C=O) groups excluding carboxylic acids is 1. The minimum atomic E-state index is -3.64. The van der Waals surface area contributed by atoms with Crippen LogP contribution < -0.4 is 10.1 Å². The molecule has 9 heteroatoms. The first kappa shape index (κ1) is 22.7. The Morgan fingerprint density at radius 2 is 1.97 bits per heavy atom. The van der Waals surface area contributed by atoms with Gasteiger partial charge in [-0.3, -0.25) is 4.79 Å². The first-order chi connectivity index (χ1) is 14.2. The predicted octanol–water partition coefficient (Wildman–Crippen LogP) is 3.35. The van der Waals surface area contributed by atoms with Crippen LogP contribution in [0.4, 0.5) is 0 Å². The van der Waals surface area contributed by atoms with Crippen LogP contribution >= 0.6 is 11.6 Å². The number of sulfonamides is 1. The molecule has 1 aliphatic rings. The Bertz CT molecular complexity index is 1040. The number of hydrogen-bond donors (Lipinski definition) is 1. The smallest absolute Gasteiger partial charge is 0.268 e. The monoisotopic (exact) mass is 453 g/mol. The van der Waals surface area contributed by atoms with Gasteiger partial charge in [0.2, 0.25) is 10.0 Å². The highest BCUT2D eigenvalue weighted by atomic mass is 35.5. The maximum absolute atomic E-state index is 13.2. The van der Waals surface area contributed by atoms with E-state index in [4.69, 9.17) is 16.3 Å². The van der Waals surface area contributed by atoms with E-state index in [1.807, 2.05) is 0 Å². The van der Waals surface area contributed by atoms with Gasteiger partial charge >= 0.3 is 0 Å². The fourth-order valence-electron chi connectivity index (χ4n) is 3.68. The Labute approximate surface area is 183 Å². The molecule has 0 atom stereocenters. The average molecular weight is 454 g/mol. The average Bonchev–Trinajstić information content (AvgIpc) is 3.02. The van der Waals surface area contributed by atoms with E-state index in [-0.39, 0.29) is 23.0 Å². The molecule has 7 nitrogen and oxygen atoms in total. The van der Waals surface area contributed by atoms with E-state index in [1.165, 1.54) is 17.5 Å². The number of benzene rings is 1.